The zero-order valence-electron chi connectivity index (χ0n) is 9.28. The summed E-state index contributed by atoms with van der Waals surface area (Å²) in [4.78, 5) is 14.8. The van der Waals surface area contributed by atoms with Gasteiger partial charge in [-0.15, -0.1) is 0 Å². The number of pyridine rings is 1. The summed E-state index contributed by atoms with van der Waals surface area (Å²) in [5.74, 6) is 1.28. The number of aldehydes is 1. The second-order valence-corrected chi connectivity index (χ2v) is 3.31. The number of aromatic nitrogens is 1. The number of nitrogens with one attached hydrogen (secondary N) is 1. The molecule has 82 valence electrons. The molecule has 0 aromatic carbocycles. The van der Waals surface area contributed by atoms with Crippen molar-refractivity contribution < 1.29 is 9.53 Å². The van der Waals surface area contributed by atoms with Crippen LogP contribution in [0.4, 0.5) is 5.82 Å². The Morgan fingerprint density at radius 3 is 2.93 bits per heavy atom. The first kappa shape index (κ1) is 11.5. The standard InChI is InChI=1S/C11H16N2O2/c1-4-9(7-14)15-10-5-8(2)6-13-11(10)12-3/h5-7,9H,4H2,1-3H3,(H,12,13). The molecule has 1 aromatic rings. The van der Waals surface area contributed by atoms with Gasteiger partial charge in [-0.05, 0) is 25.0 Å². The number of aryl methyl sites for hydroxylation is 1. The third-order valence-corrected chi connectivity index (χ3v) is 2.06. The van der Waals surface area contributed by atoms with Crippen molar-refractivity contribution in [3.8, 4) is 5.75 Å². The lowest BCUT2D eigenvalue weighted by Gasteiger charge is -2.14. The molecule has 0 aliphatic carbocycles. The van der Waals surface area contributed by atoms with Crippen molar-refractivity contribution in [1.82, 2.24) is 4.98 Å². The van der Waals surface area contributed by atoms with E-state index in [0.29, 0.717) is 18.0 Å². The highest BCUT2D eigenvalue weighted by Crippen LogP contribution is 2.23. The Bertz CT molecular complexity index is 339. The molecule has 4 heteroatoms. The van der Waals surface area contributed by atoms with Crippen LogP contribution in [-0.2, 0) is 4.79 Å². The van der Waals surface area contributed by atoms with E-state index in [4.69, 9.17) is 4.74 Å². The summed E-state index contributed by atoms with van der Waals surface area (Å²) in [6, 6.07) is 1.87. The van der Waals surface area contributed by atoms with Crippen molar-refractivity contribution in [2.45, 2.75) is 26.4 Å². The van der Waals surface area contributed by atoms with Crippen LogP contribution in [-0.4, -0.2) is 24.4 Å². The predicted octanol–water partition coefficient (Wildman–Crippen LogP) is 1.79. The quantitative estimate of drug-likeness (QED) is 0.749. The largest absolute Gasteiger partial charge is 0.479 e. The topological polar surface area (TPSA) is 51.2 Å². The number of hydrogen-bond acceptors (Lipinski definition) is 4. The molecule has 0 fully saturated rings. The third-order valence-electron chi connectivity index (χ3n) is 2.06. The smallest absolute Gasteiger partial charge is 0.168 e. The molecule has 1 heterocycles. The summed E-state index contributed by atoms with van der Waals surface area (Å²) in [6.07, 6.45) is 2.81. The highest BCUT2D eigenvalue weighted by atomic mass is 16.5. The van der Waals surface area contributed by atoms with Crippen LogP contribution in [0.15, 0.2) is 12.3 Å². The Morgan fingerprint density at radius 1 is 1.67 bits per heavy atom. The highest BCUT2D eigenvalue weighted by molar-refractivity contribution is 5.58. The molecule has 1 N–H and O–H groups in total. The van der Waals surface area contributed by atoms with E-state index in [1.165, 1.54) is 0 Å². The van der Waals surface area contributed by atoms with E-state index in [0.717, 1.165) is 11.8 Å². The van der Waals surface area contributed by atoms with Gasteiger partial charge in [-0.2, -0.15) is 0 Å². The zero-order valence-corrected chi connectivity index (χ0v) is 9.28. The number of hydrogen-bond donors (Lipinski definition) is 1. The monoisotopic (exact) mass is 208 g/mol. The van der Waals surface area contributed by atoms with Gasteiger partial charge in [-0.3, -0.25) is 4.79 Å². The van der Waals surface area contributed by atoms with Gasteiger partial charge in [0, 0.05) is 13.2 Å². The van der Waals surface area contributed by atoms with Gasteiger partial charge in [-0.1, -0.05) is 6.92 Å². The first-order valence-corrected chi connectivity index (χ1v) is 4.97. The van der Waals surface area contributed by atoms with Gasteiger partial charge in [0.15, 0.2) is 24.0 Å². The van der Waals surface area contributed by atoms with E-state index in [-0.39, 0.29) is 0 Å². The lowest BCUT2D eigenvalue weighted by atomic mass is 10.2. The van der Waals surface area contributed by atoms with Crippen molar-refractivity contribution in [3.05, 3.63) is 17.8 Å². The zero-order chi connectivity index (χ0) is 11.3. The average molecular weight is 208 g/mol. The molecule has 15 heavy (non-hydrogen) atoms. The van der Waals surface area contributed by atoms with E-state index in [9.17, 15) is 4.79 Å². The highest BCUT2D eigenvalue weighted by Gasteiger charge is 2.10. The van der Waals surface area contributed by atoms with Crippen LogP contribution in [0.1, 0.15) is 18.9 Å². The van der Waals surface area contributed by atoms with Gasteiger partial charge in [0.25, 0.3) is 0 Å². The number of nitrogens with zero attached hydrogens (tertiary/aromatic N) is 1. The SMILES string of the molecule is CCC(C=O)Oc1cc(C)cnc1NC. The minimum absolute atomic E-state index is 0.402. The molecule has 0 amide bonds. The lowest BCUT2D eigenvalue weighted by Crippen LogP contribution is -2.17. The van der Waals surface area contributed by atoms with Crippen LogP contribution in [0.2, 0.25) is 0 Å². The molecule has 0 aliphatic rings. The molecule has 0 bridgehead atoms. The van der Waals surface area contributed by atoms with Crippen LogP contribution in [0.5, 0.6) is 5.75 Å². The van der Waals surface area contributed by atoms with Crippen molar-refractivity contribution in [1.29, 1.82) is 0 Å². The molecule has 0 saturated heterocycles. The molecule has 0 aliphatic heterocycles. The molecular formula is C11H16N2O2. The number of rotatable bonds is 5. The van der Waals surface area contributed by atoms with Gasteiger partial charge in [-0.25, -0.2) is 4.98 Å². The number of carbonyl (C=O) groups excluding carboxylic acids is 1. The van der Waals surface area contributed by atoms with E-state index >= 15 is 0 Å². The Morgan fingerprint density at radius 2 is 2.40 bits per heavy atom. The fourth-order valence-corrected chi connectivity index (χ4v) is 1.19. The summed E-state index contributed by atoms with van der Waals surface area (Å²) in [5, 5.41) is 2.92. The minimum Gasteiger partial charge on any atom is -0.479 e. The van der Waals surface area contributed by atoms with Crippen LogP contribution >= 0.6 is 0 Å². The molecular weight excluding hydrogens is 192 g/mol. The summed E-state index contributed by atoms with van der Waals surface area (Å²) < 4.78 is 5.52. The van der Waals surface area contributed by atoms with Crippen LogP contribution in [0, 0.1) is 6.92 Å². The average Bonchev–Trinajstić information content (AvgIpc) is 2.26. The predicted molar refractivity (Wildman–Crippen MR) is 59.3 cm³/mol. The van der Waals surface area contributed by atoms with Gasteiger partial charge < -0.3 is 10.1 Å². The molecule has 4 nitrogen and oxygen atoms in total. The summed E-state index contributed by atoms with van der Waals surface area (Å²) in [7, 11) is 1.77. The molecule has 0 saturated carbocycles. The molecule has 1 aromatic heterocycles. The number of ether oxygens (including phenoxy) is 1. The van der Waals surface area contributed by atoms with E-state index in [2.05, 4.69) is 10.3 Å². The summed E-state index contributed by atoms with van der Waals surface area (Å²) >= 11 is 0. The van der Waals surface area contributed by atoms with Crippen LogP contribution in [0.3, 0.4) is 0 Å². The van der Waals surface area contributed by atoms with E-state index in [1.54, 1.807) is 13.2 Å². The fraction of sp³-hybridized carbons (Fsp3) is 0.455. The van der Waals surface area contributed by atoms with Gasteiger partial charge in [0.2, 0.25) is 0 Å². The van der Waals surface area contributed by atoms with Gasteiger partial charge in [0.05, 0.1) is 0 Å². The second kappa shape index (κ2) is 5.34. The maximum absolute atomic E-state index is 10.7. The Labute approximate surface area is 89.7 Å². The van der Waals surface area contributed by atoms with E-state index < -0.39 is 6.10 Å². The third kappa shape index (κ3) is 2.94. The molecule has 0 radical (unpaired) electrons. The lowest BCUT2D eigenvalue weighted by molar-refractivity contribution is -0.113. The normalized spacial score (nSPS) is 11.9. The molecule has 1 atom stereocenters. The van der Waals surface area contributed by atoms with Crippen LogP contribution in [0.25, 0.3) is 0 Å². The Balaban J connectivity index is 2.90. The Hall–Kier alpha value is -1.58. The molecule has 1 rings (SSSR count). The van der Waals surface area contributed by atoms with Crippen LogP contribution < -0.4 is 10.1 Å². The van der Waals surface area contributed by atoms with Crippen molar-refractivity contribution in [2.75, 3.05) is 12.4 Å². The second-order valence-electron chi connectivity index (χ2n) is 3.31. The molecule has 0 spiro atoms. The fourth-order valence-electron chi connectivity index (χ4n) is 1.19. The van der Waals surface area contributed by atoms with E-state index in [1.807, 2.05) is 19.9 Å². The Kier molecular flexibility index (Phi) is 4.09. The first-order chi connectivity index (χ1) is 7.21. The number of carbonyl (C=O) groups is 1. The van der Waals surface area contributed by atoms with Crippen molar-refractivity contribution >= 4 is 12.1 Å². The van der Waals surface area contributed by atoms with Gasteiger partial charge in [0.1, 0.15) is 0 Å². The number of anilines is 1. The van der Waals surface area contributed by atoms with Crippen molar-refractivity contribution in [2.24, 2.45) is 0 Å². The summed E-state index contributed by atoms with van der Waals surface area (Å²) in [6.45, 7) is 3.84. The first-order valence-electron chi connectivity index (χ1n) is 4.97. The minimum atomic E-state index is -0.402. The van der Waals surface area contributed by atoms with Crippen molar-refractivity contribution in [3.63, 3.8) is 0 Å². The maximum atomic E-state index is 10.7. The molecule has 1 unspecified atom stereocenters. The maximum Gasteiger partial charge on any atom is 0.168 e. The van der Waals surface area contributed by atoms with Gasteiger partial charge >= 0.3 is 0 Å². The summed E-state index contributed by atoms with van der Waals surface area (Å²) in [5.41, 5.74) is 1.00.